The summed E-state index contributed by atoms with van der Waals surface area (Å²) in [7, 11) is 0. The Hall–Kier alpha value is -3.46. The van der Waals surface area contributed by atoms with Gasteiger partial charge >= 0.3 is 6.09 Å². The fourth-order valence-corrected chi connectivity index (χ4v) is 4.76. The summed E-state index contributed by atoms with van der Waals surface area (Å²) >= 11 is 0. The lowest BCUT2D eigenvalue weighted by atomic mass is 9.98. The number of cyclic esters (lactones) is 1. The van der Waals surface area contributed by atoms with Crippen molar-refractivity contribution in [3.05, 3.63) is 59.8 Å². The number of hydrogen-bond acceptors (Lipinski definition) is 7. The zero-order valence-corrected chi connectivity index (χ0v) is 20.7. The highest BCUT2D eigenvalue weighted by Crippen LogP contribution is 2.29. The van der Waals surface area contributed by atoms with Gasteiger partial charge in [-0.1, -0.05) is 37.8 Å². The summed E-state index contributed by atoms with van der Waals surface area (Å²) in [5, 5.41) is 3.36. The first-order valence-electron chi connectivity index (χ1n) is 12.3. The predicted molar refractivity (Wildman–Crippen MR) is 135 cm³/mol. The van der Waals surface area contributed by atoms with Crippen molar-refractivity contribution in [2.45, 2.75) is 45.9 Å². The second kappa shape index (κ2) is 10.9. The Balaban J connectivity index is 1.41. The molecule has 0 unspecified atom stereocenters. The van der Waals surface area contributed by atoms with Crippen LogP contribution in [0.2, 0.25) is 0 Å². The molecule has 0 radical (unpaired) electrons. The number of nitrogens with zero attached hydrogens (tertiary/aromatic N) is 5. The number of fused-ring (bicyclic) bond motifs is 1. The number of amides is 2. The van der Waals surface area contributed by atoms with Crippen molar-refractivity contribution in [2.75, 3.05) is 42.9 Å². The van der Waals surface area contributed by atoms with E-state index in [-0.39, 0.29) is 24.6 Å². The van der Waals surface area contributed by atoms with Gasteiger partial charge in [-0.3, -0.25) is 14.6 Å². The Morgan fingerprint density at radius 3 is 2.49 bits per heavy atom. The van der Waals surface area contributed by atoms with E-state index < -0.39 is 0 Å². The van der Waals surface area contributed by atoms with E-state index in [9.17, 15) is 9.59 Å². The Morgan fingerprint density at radius 1 is 1.17 bits per heavy atom. The third-order valence-electron chi connectivity index (χ3n) is 6.78. The normalized spacial score (nSPS) is 17.9. The van der Waals surface area contributed by atoms with E-state index >= 15 is 0 Å². The zero-order valence-electron chi connectivity index (χ0n) is 20.7. The molecule has 3 heterocycles. The Bertz CT molecular complexity index is 1070. The summed E-state index contributed by atoms with van der Waals surface area (Å²) in [5.41, 5.74) is 3.20. The third-order valence-corrected chi connectivity index (χ3v) is 6.78. The molecule has 1 fully saturated rings. The van der Waals surface area contributed by atoms with Crippen LogP contribution in [0.1, 0.15) is 56.0 Å². The lowest BCUT2D eigenvalue weighted by Crippen LogP contribution is -2.49. The van der Waals surface area contributed by atoms with Crippen LogP contribution in [-0.2, 0) is 16.1 Å². The van der Waals surface area contributed by atoms with Crippen molar-refractivity contribution in [3.63, 3.8) is 0 Å². The predicted octanol–water partition coefficient (Wildman–Crippen LogP) is 3.91. The molecule has 0 saturated carbocycles. The minimum atomic E-state index is -0.382. The quantitative estimate of drug-likeness (QED) is 0.575. The first kappa shape index (κ1) is 24.7. The van der Waals surface area contributed by atoms with E-state index in [0.29, 0.717) is 24.4 Å². The maximum atomic E-state index is 12.0. The maximum absolute atomic E-state index is 12.0. The van der Waals surface area contributed by atoms with Gasteiger partial charge in [-0.05, 0) is 37.5 Å². The number of carbonyl (C=O) groups is 2. The van der Waals surface area contributed by atoms with Gasteiger partial charge in [0.05, 0.1) is 11.6 Å². The average Bonchev–Trinajstić information content (AvgIpc) is 2.89. The molecule has 1 aromatic heterocycles. The molecule has 1 aromatic carbocycles. The Morgan fingerprint density at radius 2 is 1.86 bits per heavy atom. The highest BCUT2D eigenvalue weighted by molar-refractivity contribution is 5.89. The van der Waals surface area contributed by atoms with Crippen LogP contribution in [0.3, 0.4) is 0 Å². The zero-order chi connectivity index (χ0) is 24.9. The SMILES string of the molecule is C=CC(=O)N1CCN([C@@H](CC)c2ccc([C@H](C)Nc3ncc4c(n3)N(CC)C(=O)OC4)cc2)CC1. The van der Waals surface area contributed by atoms with Gasteiger partial charge in [-0.2, -0.15) is 4.98 Å². The first-order valence-corrected chi connectivity index (χ1v) is 12.3. The van der Waals surface area contributed by atoms with Crippen molar-refractivity contribution >= 4 is 23.8 Å². The smallest absolute Gasteiger partial charge is 0.415 e. The van der Waals surface area contributed by atoms with Gasteiger partial charge in [-0.25, -0.2) is 9.78 Å². The number of ether oxygens (including phenoxy) is 1. The molecule has 9 heteroatoms. The molecule has 2 aromatic rings. The molecule has 4 rings (SSSR count). The first-order chi connectivity index (χ1) is 16.9. The number of rotatable bonds is 8. The third kappa shape index (κ3) is 5.30. The number of hydrogen-bond donors (Lipinski definition) is 1. The number of benzene rings is 1. The van der Waals surface area contributed by atoms with Crippen molar-refractivity contribution < 1.29 is 14.3 Å². The number of piperazine rings is 1. The monoisotopic (exact) mass is 478 g/mol. The number of nitrogens with one attached hydrogen (secondary N) is 1. The van der Waals surface area contributed by atoms with Crippen LogP contribution in [0.5, 0.6) is 0 Å². The molecule has 2 amide bonds. The average molecular weight is 479 g/mol. The van der Waals surface area contributed by atoms with Gasteiger partial charge in [0.2, 0.25) is 11.9 Å². The summed E-state index contributed by atoms with van der Waals surface area (Å²) < 4.78 is 5.16. The van der Waals surface area contributed by atoms with E-state index in [4.69, 9.17) is 4.74 Å². The lowest BCUT2D eigenvalue weighted by molar-refractivity contribution is -0.128. The molecule has 0 bridgehead atoms. The fourth-order valence-electron chi connectivity index (χ4n) is 4.76. The van der Waals surface area contributed by atoms with Crippen molar-refractivity contribution in [2.24, 2.45) is 0 Å². The molecule has 9 nitrogen and oxygen atoms in total. The minimum absolute atomic E-state index is 0.00813. The molecule has 0 aliphatic carbocycles. The summed E-state index contributed by atoms with van der Waals surface area (Å²) in [6.45, 7) is 13.6. The molecule has 0 spiro atoms. The van der Waals surface area contributed by atoms with Crippen LogP contribution in [0.4, 0.5) is 16.6 Å². The Kier molecular flexibility index (Phi) is 7.65. The molecule has 35 heavy (non-hydrogen) atoms. The maximum Gasteiger partial charge on any atom is 0.415 e. The van der Waals surface area contributed by atoms with E-state index in [1.54, 1.807) is 6.20 Å². The lowest BCUT2D eigenvalue weighted by Gasteiger charge is -2.39. The highest BCUT2D eigenvalue weighted by atomic mass is 16.6. The van der Waals surface area contributed by atoms with E-state index in [1.165, 1.54) is 16.5 Å². The molecule has 1 saturated heterocycles. The van der Waals surface area contributed by atoms with E-state index in [2.05, 4.69) is 64.9 Å². The van der Waals surface area contributed by atoms with Gasteiger partial charge in [0.15, 0.2) is 0 Å². The number of carbonyl (C=O) groups excluding carboxylic acids is 2. The van der Waals surface area contributed by atoms with Crippen LogP contribution in [0, 0.1) is 0 Å². The molecular weight excluding hydrogens is 444 g/mol. The van der Waals surface area contributed by atoms with Gasteiger partial charge in [0.1, 0.15) is 12.4 Å². The van der Waals surface area contributed by atoms with Gasteiger partial charge < -0.3 is 15.0 Å². The minimum Gasteiger partial charge on any atom is -0.444 e. The summed E-state index contributed by atoms with van der Waals surface area (Å²) in [6, 6.07) is 8.96. The van der Waals surface area contributed by atoms with Crippen molar-refractivity contribution in [1.82, 2.24) is 19.8 Å². The van der Waals surface area contributed by atoms with Crippen molar-refractivity contribution in [1.29, 1.82) is 0 Å². The second-order valence-electron chi connectivity index (χ2n) is 8.86. The van der Waals surface area contributed by atoms with Gasteiger partial charge in [-0.15, -0.1) is 0 Å². The summed E-state index contributed by atoms with van der Waals surface area (Å²) in [5.74, 6) is 1.09. The highest BCUT2D eigenvalue weighted by Gasteiger charge is 2.27. The van der Waals surface area contributed by atoms with Gasteiger partial charge in [0.25, 0.3) is 0 Å². The van der Waals surface area contributed by atoms with Crippen LogP contribution < -0.4 is 10.2 Å². The van der Waals surface area contributed by atoms with Crippen LogP contribution in [0.15, 0.2) is 43.1 Å². The number of anilines is 2. The van der Waals surface area contributed by atoms with Gasteiger partial charge in [0, 0.05) is 45.0 Å². The topological polar surface area (TPSA) is 90.9 Å². The van der Waals surface area contributed by atoms with E-state index in [0.717, 1.165) is 43.7 Å². The van der Waals surface area contributed by atoms with Crippen LogP contribution in [-0.4, -0.2) is 64.5 Å². The summed E-state index contributed by atoms with van der Waals surface area (Å²) in [6.07, 6.45) is 3.72. The molecule has 2 aliphatic rings. The Labute approximate surface area is 206 Å². The molecule has 1 N–H and O–H groups in total. The standard InChI is InChI=1S/C26H34N6O3/c1-5-22(30-12-14-31(15-13-30)23(33)6-2)20-10-8-19(9-11-20)18(4)28-25-27-16-21-17-35-26(34)32(7-3)24(21)29-25/h6,8-11,16,18,22H,2,5,7,12-15,17H2,1,3-4H3,(H,27,28,29)/t18-,22-/m0/s1. The largest absolute Gasteiger partial charge is 0.444 e. The molecule has 186 valence electrons. The van der Waals surface area contributed by atoms with Crippen molar-refractivity contribution in [3.8, 4) is 0 Å². The summed E-state index contributed by atoms with van der Waals surface area (Å²) in [4.78, 5) is 38.7. The fraction of sp³-hybridized carbons (Fsp3) is 0.462. The van der Waals surface area contributed by atoms with Crippen LogP contribution >= 0.6 is 0 Å². The van der Waals surface area contributed by atoms with Crippen LogP contribution in [0.25, 0.3) is 0 Å². The molecule has 2 aliphatic heterocycles. The number of aromatic nitrogens is 2. The second-order valence-corrected chi connectivity index (χ2v) is 8.86. The molecule has 2 atom stereocenters. The molecular formula is C26H34N6O3. The van der Waals surface area contributed by atoms with E-state index in [1.807, 2.05) is 11.8 Å².